The summed E-state index contributed by atoms with van der Waals surface area (Å²) in [7, 11) is 1.62. The molecule has 4 atom stereocenters. The van der Waals surface area contributed by atoms with Gasteiger partial charge in [0.15, 0.2) is 0 Å². The summed E-state index contributed by atoms with van der Waals surface area (Å²) in [6.07, 6.45) is 12.3. The first-order valence-electron chi connectivity index (χ1n) is 11.1. The fraction of sp³-hybridized carbons (Fsp3) is 0.583. The molecule has 3 rings (SSSR count). The van der Waals surface area contributed by atoms with Crippen LogP contribution in [-0.2, 0) is 4.79 Å². The smallest absolute Gasteiger partial charge is 0.319 e. The Morgan fingerprint density at radius 3 is 2.57 bits per heavy atom. The number of urea groups is 1. The van der Waals surface area contributed by atoms with Crippen LogP contribution in [0.3, 0.4) is 0 Å². The van der Waals surface area contributed by atoms with Gasteiger partial charge in [0.1, 0.15) is 5.75 Å². The SMILES string of the molecule is COc1ccc(NC(=O)NCCC2C3CCC(C3)C2C/C=C\CCCC(=O)O)cc1. The van der Waals surface area contributed by atoms with E-state index in [9.17, 15) is 9.59 Å². The normalized spacial score (nSPS) is 24.8. The van der Waals surface area contributed by atoms with Crippen molar-refractivity contribution in [2.75, 3.05) is 19.0 Å². The Balaban J connectivity index is 1.40. The fourth-order valence-corrected chi connectivity index (χ4v) is 5.29. The van der Waals surface area contributed by atoms with Crippen molar-refractivity contribution in [1.82, 2.24) is 5.32 Å². The number of nitrogens with one attached hydrogen (secondary N) is 2. The average molecular weight is 415 g/mol. The van der Waals surface area contributed by atoms with Crippen LogP contribution in [-0.4, -0.2) is 30.8 Å². The van der Waals surface area contributed by atoms with Crippen molar-refractivity contribution in [3.8, 4) is 5.75 Å². The first-order chi connectivity index (χ1) is 14.6. The van der Waals surface area contributed by atoms with Gasteiger partial charge in [0.2, 0.25) is 0 Å². The molecule has 4 unspecified atom stereocenters. The summed E-state index contributed by atoms with van der Waals surface area (Å²) in [6.45, 7) is 0.689. The molecule has 0 saturated heterocycles. The number of aliphatic carboxylic acids is 1. The predicted molar refractivity (Wildman–Crippen MR) is 118 cm³/mol. The minimum absolute atomic E-state index is 0.168. The molecule has 2 bridgehead atoms. The van der Waals surface area contributed by atoms with E-state index in [1.54, 1.807) is 7.11 Å². The Labute approximate surface area is 179 Å². The molecule has 0 radical (unpaired) electrons. The maximum atomic E-state index is 12.2. The summed E-state index contributed by atoms with van der Waals surface area (Å²) >= 11 is 0. The highest BCUT2D eigenvalue weighted by molar-refractivity contribution is 5.89. The number of allylic oxidation sites excluding steroid dienone is 2. The number of carbonyl (C=O) groups is 2. The zero-order valence-electron chi connectivity index (χ0n) is 17.8. The molecule has 6 nitrogen and oxygen atoms in total. The molecule has 6 heteroatoms. The highest BCUT2D eigenvalue weighted by atomic mass is 16.5. The van der Waals surface area contributed by atoms with E-state index < -0.39 is 5.97 Å². The van der Waals surface area contributed by atoms with E-state index >= 15 is 0 Å². The number of amides is 2. The third-order valence-electron chi connectivity index (χ3n) is 6.72. The Morgan fingerprint density at radius 2 is 1.87 bits per heavy atom. The Kier molecular flexibility index (Phi) is 8.17. The number of ether oxygens (including phenoxy) is 1. The monoisotopic (exact) mass is 414 g/mol. The first kappa shape index (κ1) is 22.2. The Morgan fingerprint density at radius 1 is 1.13 bits per heavy atom. The summed E-state index contributed by atoms with van der Waals surface area (Å²) in [5.74, 6) is 3.03. The van der Waals surface area contributed by atoms with Crippen LogP contribution < -0.4 is 15.4 Å². The second kappa shape index (κ2) is 11.0. The van der Waals surface area contributed by atoms with Gasteiger partial charge in [-0.15, -0.1) is 0 Å². The van der Waals surface area contributed by atoms with E-state index in [2.05, 4.69) is 22.8 Å². The van der Waals surface area contributed by atoms with Crippen LogP contribution in [0.1, 0.15) is 51.4 Å². The standard InChI is InChI=1S/C24H34N2O4/c1-30-20-12-10-19(11-13-20)26-24(29)25-15-14-22-18-9-8-17(16-18)21(22)6-4-2-3-5-7-23(27)28/h2,4,10-13,17-18,21-22H,3,5-9,14-16H2,1H3,(H,27,28)(H2,25,26,29)/b4-2-. The number of carboxylic acid groups (broad SMARTS) is 1. The molecule has 0 heterocycles. The van der Waals surface area contributed by atoms with Crippen LogP contribution in [0.5, 0.6) is 5.75 Å². The van der Waals surface area contributed by atoms with Gasteiger partial charge in [-0.05, 0) is 92.9 Å². The van der Waals surface area contributed by atoms with E-state index in [4.69, 9.17) is 9.84 Å². The third-order valence-corrected chi connectivity index (χ3v) is 6.72. The molecule has 2 fully saturated rings. The zero-order valence-corrected chi connectivity index (χ0v) is 17.8. The van der Waals surface area contributed by atoms with Gasteiger partial charge in [-0.1, -0.05) is 12.2 Å². The molecule has 2 aliphatic rings. The lowest BCUT2D eigenvalue weighted by molar-refractivity contribution is -0.137. The van der Waals surface area contributed by atoms with E-state index in [1.165, 1.54) is 19.3 Å². The fourth-order valence-electron chi connectivity index (χ4n) is 5.29. The topological polar surface area (TPSA) is 87.7 Å². The summed E-state index contributed by atoms with van der Waals surface area (Å²) in [4.78, 5) is 22.8. The molecule has 2 saturated carbocycles. The van der Waals surface area contributed by atoms with Crippen molar-refractivity contribution in [3.63, 3.8) is 0 Å². The molecule has 3 N–H and O–H groups in total. The number of methoxy groups -OCH3 is 1. The van der Waals surface area contributed by atoms with E-state index in [1.807, 2.05) is 24.3 Å². The minimum atomic E-state index is -0.722. The molecule has 0 aliphatic heterocycles. The molecule has 30 heavy (non-hydrogen) atoms. The van der Waals surface area contributed by atoms with Crippen LogP contribution in [0.2, 0.25) is 0 Å². The lowest BCUT2D eigenvalue weighted by Gasteiger charge is -2.30. The zero-order chi connectivity index (χ0) is 21.3. The van der Waals surface area contributed by atoms with E-state index in [0.29, 0.717) is 24.8 Å². The van der Waals surface area contributed by atoms with Crippen molar-refractivity contribution in [2.45, 2.75) is 51.4 Å². The van der Waals surface area contributed by atoms with Gasteiger partial charge in [0, 0.05) is 18.7 Å². The van der Waals surface area contributed by atoms with Gasteiger partial charge in [0.05, 0.1) is 7.11 Å². The number of rotatable bonds is 11. The second-order valence-electron chi connectivity index (χ2n) is 8.55. The lowest BCUT2D eigenvalue weighted by atomic mass is 9.76. The number of carbonyl (C=O) groups excluding carboxylic acids is 1. The highest BCUT2D eigenvalue weighted by Gasteiger charge is 2.46. The molecule has 0 aromatic heterocycles. The van der Waals surface area contributed by atoms with E-state index in [-0.39, 0.29) is 12.5 Å². The Bertz CT molecular complexity index is 731. The number of anilines is 1. The average Bonchev–Trinajstić information content (AvgIpc) is 3.33. The molecule has 2 aliphatic carbocycles. The summed E-state index contributed by atoms with van der Waals surface area (Å²) < 4.78 is 5.13. The summed E-state index contributed by atoms with van der Waals surface area (Å²) in [5.41, 5.74) is 0.749. The largest absolute Gasteiger partial charge is 0.497 e. The third kappa shape index (κ3) is 6.25. The summed E-state index contributed by atoms with van der Waals surface area (Å²) in [5, 5.41) is 14.6. The van der Waals surface area contributed by atoms with Crippen LogP contribution in [0.25, 0.3) is 0 Å². The number of benzene rings is 1. The molecular formula is C24H34N2O4. The molecule has 164 valence electrons. The van der Waals surface area contributed by atoms with Gasteiger partial charge < -0.3 is 20.5 Å². The van der Waals surface area contributed by atoms with Crippen LogP contribution in [0.15, 0.2) is 36.4 Å². The molecular weight excluding hydrogens is 380 g/mol. The van der Waals surface area contributed by atoms with Crippen molar-refractivity contribution in [1.29, 1.82) is 0 Å². The van der Waals surface area contributed by atoms with Crippen LogP contribution >= 0.6 is 0 Å². The van der Waals surface area contributed by atoms with Gasteiger partial charge in [0.25, 0.3) is 0 Å². The minimum Gasteiger partial charge on any atom is -0.497 e. The number of unbranched alkanes of at least 4 members (excludes halogenated alkanes) is 1. The number of carboxylic acids is 1. The number of fused-ring (bicyclic) bond motifs is 2. The predicted octanol–water partition coefficient (Wildman–Crippen LogP) is 5.07. The van der Waals surface area contributed by atoms with Crippen LogP contribution in [0.4, 0.5) is 10.5 Å². The van der Waals surface area contributed by atoms with Gasteiger partial charge in [-0.3, -0.25) is 4.79 Å². The molecule has 1 aromatic rings. The van der Waals surface area contributed by atoms with Gasteiger partial charge in [-0.2, -0.15) is 0 Å². The second-order valence-corrected chi connectivity index (χ2v) is 8.55. The number of hydrogen-bond acceptors (Lipinski definition) is 3. The Hall–Kier alpha value is -2.50. The van der Waals surface area contributed by atoms with Crippen LogP contribution in [0, 0.1) is 23.7 Å². The quantitative estimate of drug-likeness (QED) is 0.348. The lowest BCUT2D eigenvalue weighted by Crippen LogP contribution is -2.32. The van der Waals surface area contributed by atoms with Crippen molar-refractivity contribution >= 4 is 17.7 Å². The molecule has 1 aromatic carbocycles. The number of hydrogen-bond donors (Lipinski definition) is 3. The first-order valence-corrected chi connectivity index (χ1v) is 11.1. The molecule has 0 spiro atoms. The van der Waals surface area contributed by atoms with Crippen molar-refractivity contribution in [3.05, 3.63) is 36.4 Å². The molecule has 2 amide bonds. The van der Waals surface area contributed by atoms with Gasteiger partial charge in [-0.25, -0.2) is 4.79 Å². The van der Waals surface area contributed by atoms with Crippen molar-refractivity contribution in [2.24, 2.45) is 23.7 Å². The maximum Gasteiger partial charge on any atom is 0.319 e. The maximum absolute atomic E-state index is 12.2. The van der Waals surface area contributed by atoms with Crippen molar-refractivity contribution < 1.29 is 19.4 Å². The van der Waals surface area contributed by atoms with Gasteiger partial charge >= 0.3 is 12.0 Å². The van der Waals surface area contributed by atoms with E-state index in [0.717, 1.165) is 42.5 Å². The summed E-state index contributed by atoms with van der Waals surface area (Å²) in [6, 6.07) is 7.13. The highest BCUT2D eigenvalue weighted by Crippen LogP contribution is 2.54.